The van der Waals surface area contributed by atoms with Crippen LogP contribution in [0.1, 0.15) is 17.4 Å². The van der Waals surface area contributed by atoms with E-state index in [-0.39, 0.29) is 6.04 Å². The molecule has 0 saturated carbocycles. The molecular weight excluding hydrogens is 262 g/mol. The lowest BCUT2D eigenvalue weighted by Crippen LogP contribution is -2.19. The number of benzene rings is 1. The van der Waals surface area contributed by atoms with E-state index in [4.69, 9.17) is 4.42 Å². The first kappa shape index (κ1) is 13.8. The van der Waals surface area contributed by atoms with Crippen LogP contribution in [0.5, 0.6) is 0 Å². The number of sulfone groups is 1. The maximum atomic E-state index is 11.6. The molecule has 1 heterocycles. The highest BCUT2D eigenvalue weighted by molar-refractivity contribution is 7.90. The Labute approximate surface area is 113 Å². The third-order valence-corrected chi connectivity index (χ3v) is 4.13. The van der Waals surface area contributed by atoms with E-state index in [2.05, 4.69) is 5.32 Å². The number of rotatable bonds is 5. The van der Waals surface area contributed by atoms with Gasteiger partial charge in [-0.15, -0.1) is 0 Å². The van der Waals surface area contributed by atoms with Crippen LogP contribution >= 0.6 is 0 Å². The maximum Gasteiger partial charge on any atom is 0.175 e. The molecule has 0 bridgehead atoms. The summed E-state index contributed by atoms with van der Waals surface area (Å²) in [7, 11) is -1.33. The maximum absolute atomic E-state index is 11.6. The molecule has 0 aliphatic rings. The molecule has 0 spiro atoms. The van der Waals surface area contributed by atoms with Gasteiger partial charge >= 0.3 is 0 Å². The van der Waals surface area contributed by atoms with Crippen molar-refractivity contribution < 1.29 is 12.8 Å². The van der Waals surface area contributed by atoms with Gasteiger partial charge in [0, 0.05) is 18.7 Å². The second kappa shape index (κ2) is 5.59. The molecular formula is C14H17NO3S. The summed E-state index contributed by atoms with van der Waals surface area (Å²) in [6.07, 6.45) is 3.53. The van der Waals surface area contributed by atoms with E-state index in [1.807, 2.05) is 25.2 Å². The molecule has 0 amide bonds. The molecule has 4 nitrogen and oxygen atoms in total. The van der Waals surface area contributed by atoms with E-state index in [0.29, 0.717) is 11.3 Å². The molecule has 0 aliphatic heterocycles. The van der Waals surface area contributed by atoms with Crippen LogP contribution in [0.3, 0.4) is 0 Å². The SMILES string of the molecule is CNC(Cc1ccco1)c1cccc(S(C)(=O)=O)c1. The van der Waals surface area contributed by atoms with Gasteiger partial charge in [0.2, 0.25) is 0 Å². The molecule has 19 heavy (non-hydrogen) atoms. The van der Waals surface area contributed by atoms with Crippen molar-refractivity contribution in [2.24, 2.45) is 0 Å². The van der Waals surface area contributed by atoms with Crippen molar-refractivity contribution in [2.75, 3.05) is 13.3 Å². The van der Waals surface area contributed by atoms with E-state index < -0.39 is 9.84 Å². The molecule has 2 rings (SSSR count). The summed E-state index contributed by atoms with van der Waals surface area (Å²) in [6.45, 7) is 0. The van der Waals surface area contributed by atoms with Gasteiger partial charge in [0.25, 0.3) is 0 Å². The minimum Gasteiger partial charge on any atom is -0.469 e. The van der Waals surface area contributed by atoms with Crippen molar-refractivity contribution in [3.63, 3.8) is 0 Å². The van der Waals surface area contributed by atoms with Crippen LogP contribution in [-0.2, 0) is 16.3 Å². The zero-order chi connectivity index (χ0) is 13.9. The van der Waals surface area contributed by atoms with Crippen molar-refractivity contribution in [3.05, 3.63) is 54.0 Å². The Morgan fingerprint density at radius 3 is 2.63 bits per heavy atom. The molecule has 102 valence electrons. The lowest BCUT2D eigenvalue weighted by molar-refractivity contribution is 0.465. The van der Waals surface area contributed by atoms with Gasteiger partial charge < -0.3 is 9.73 Å². The molecule has 0 radical (unpaired) electrons. The molecule has 0 saturated heterocycles. The molecule has 2 aromatic rings. The van der Waals surface area contributed by atoms with Crippen LogP contribution in [0.15, 0.2) is 52.0 Å². The first-order chi connectivity index (χ1) is 9.00. The Bertz CT molecular complexity index is 632. The van der Waals surface area contributed by atoms with Gasteiger partial charge in [-0.3, -0.25) is 0 Å². The Hall–Kier alpha value is -1.59. The van der Waals surface area contributed by atoms with Gasteiger partial charge in [-0.1, -0.05) is 12.1 Å². The van der Waals surface area contributed by atoms with Crippen molar-refractivity contribution >= 4 is 9.84 Å². The average Bonchev–Trinajstić information content (AvgIpc) is 2.88. The van der Waals surface area contributed by atoms with Gasteiger partial charge in [0.15, 0.2) is 9.84 Å². The second-order valence-electron chi connectivity index (χ2n) is 4.47. The summed E-state index contributed by atoms with van der Waals surface area (Å²) >= 11 is 0. The monoisotopic (exact) mass is 279 g/mol. The molecule has 1 unspecified atom stereocenters. The Balaban J connectivity index is 2.28. The molecule has 1 atom stereocenters. The van der Waals surface area contributed by atoms with Crippen LogP contribution in [0.25, 0.3) is 0 Å². The highest BCUT2D eigenvalue weighted by atomic mass is 32.2. The van der Waals surface area contributed by atoms with E-state index in [9.17, 15) is 8.42 Å². The first-order valence-electron chi connectivity index (χ1n) is 6.00. The summed E-state index contributed by atoms with van der Waals surface area (Å²) in [4.78, 5) is 0.338. The fourth-order valence-corrected chi connectivity index (χ4v) is 2.65. The van der Waals surface area contributed by atoms with Crippen LogP contribution in [0.2, 0.25) is 0 Å². The molecule has 0 aliphatic carbocycles. The fourth-order valence-electron chi connectivity index (χ4n) is 1.98. The molecule has 1 aromatic heterocycles. The van der Waals surface area contributed by atoms with Crippen LogP contribution in [0, 0.1) is 0 Å². The predicted molar refractivity (Wildman–Crippen MR) is 73.8 cm³/mol. The van der Waals surface area contributed by atoms with Gasteiger partial charge in [-0.05, 0) is 36.9 Å². The summed E-state index contributed by atoms with van der Waals surface area (Å²) in [5, 5.41) is 3.18. The van der Waals surface area contributed by atoms with Gasteiger partial charge in [0.1, 0.15) is 5.76 Å². The standard InChI is InChI=1S/C14H17NO3S/c1-15-14(10-12-6-4-8-18-12)11-5-3-7-13(9-11)19(2,16)17/h3-9,14-15H,10H2,1-2H3. The highest BCUT2D eigenvalue weighted by Crippen LogP contribution is 2.21. The van der Waals surface area contributed by atoms with Crippen LogP contribution < -0.4 is 5.32 Å². The zero-order valence-corrected chi connectivity index (χ0v) is 11.8. The lowest BCUT2D eigenvalue weighted by atomic mass is 10.0. The lowest BCUT2D eigenvalue weighted by Gasteiger charge is -2.16. The van der Waals surface area contributed by atoms with Crippen molar-refractivity contribution in [1.82, 2.24) is 5.32 Å². The van der Waals surface area contributed by atoms with Crippen molar-refractivity contribution in [3.8, 4) is 0 Å². The predicted octanol–water partition coefficient (Wildman–Crippen LogP) is 2.19. The highest BCUT2D eigenvalue weighted by Gasteiger charge is 2.14. The first-order valence-corrected chi connectivity index (χ1v) is 7.89. The zero-order valence-electron chi connectivity index (χ0n) is 11.0. The van der Waals surface area contributed by atoms with Gasteiger partial charge in [-0.25, -0.2) is 8.42 Å². The number of hydrogen-bond acceptors (Lipinski definition) is 4. The molecule has 5 heteroatoms. The van der Waals surface area contributed by atoms with E-state index in [1.54, 1.807) is 24.5 Å². The summed E-state index contributed by atoms with van der Waals surface area (Å²) < 4.78 is 28.5. The van der Waals surface area contributed by atoms with Crippen LogP contribution in [0.4, 0.5) is 0 Å². The van der Waals surface area contributed by atoms with Gasteiger partial charge in [0.05, 0.1) is 11.2 Å². The number of hydrogen-bond donors (Lipinski definition) is 1. The van der Waals surface area contributed by atoms with E-state index in [0.717, 1.165) is 11.3 Å². The number of furan rings is 1. The minimum atomic E-state index is -3.18. The largest absolute Gasteiger partial charge is 0.469 e. The quantitative estimate of drug-likeness (QED) is 0.911. The Morgan fingerprint density at radius 1 is 1.26 bits per heavy atom. The number of nitrogens with one attached hydrogen (secondary N) is 1. The van der Waals surface area contributed by atoms with Crippen molar-refractivity contribution in [1.29, 1.82) is 0 Å². The smallest absolute Gasteiger partial charge is 0.175 e. The normalized spacial score (nSPS) is 13.4. The third-order valence-electron chi connectivity index (χ3n) is 3.02. The third kappa shape index (κ3) is 3.45. The average molecular weight is 279 g/mol. The van der Waals surface area contributed by atoms with E-state index in [1.165, 1.54) is 6.26 Å². The Kier molecular flexibility index (Phi) is 4.07. The van der Waals surface area contributed by atoms with Gasteiger partial charge in [-0.2, -0.15) is 0 Å². The summed E-state index contributed by atoms with van der Waals surface area (Å²) in [5.41, 5.74) is 0.932. The molecule has 1 aromatic carbocycles. The summed E-state index contributed by atoms with van der Waals surface area (Å²) in [6, 6.07) is 10.8. The number of likely N-dealkylation sites (N-methyl/N-ethyl adjacent to an activating group) is 1. The molecule has 1 N–H and O–H groups in total. The molecule has 0 fully saturated rings. The Morgan fingerprint density at radius 2 is 2.05 bits per heavy atom. The fraction of sp³-hybridized carbons (Fsp3) is 0.286. The topological polar surface area (TPSA) is 59.3 Å². The van der Waals surface area contributed by atoms with Crippen molar-refractivity contribution in [2.45, 2.75) is 17.4 Å². The summed E-state index contributed by atoms with van der Waals surface area (Å²) in [5.74, 6) is 0.865. The minimum absolute atomic E-state index is 0.0212. The van der Waals surface area contributed by atoms with E-state index >= 15 is 0 Å². The second-order valence-corrected chi connectivity index (χ2v) is 6.49. The van der Waals surface area contributed by atoms with Crippen LogP contribution in [-0.4, -0.2) is 21.7 Å².